The van der Waals surface area contributed by atoms with Crippen LogP contribution in [0.4, 0.5) is 0 Å². The number of hydrogen-bond donors (Lipinski definition) is 2. The van der Waals surface area contributed by atoms with Crippen LogP contribution in [0.3, 0.4) is 0 Å². The van der Waals surface area contributed by atoms with Crippen LogP contribution < -0.4 is 10.6 Å². The number of benzene rings is 1. The molecule has 154 valence electrons. The quantitative estimate of drug-likeness (QED) is 0.416. The highest BCUT2D eigenvalue weighted by molar-refractivity contribution is 7.92. The van der Waals surface area contributed by atoms with Crippen LogP contribution in [-0.4, -0.2) is 63.3 Å². The molecule has 0 amide bonds. The lowest BCUT2D eigenvalue weighted by Crippen LogP contribution is -2.53. The van der Waals surface area contributed by atoms with Gasteiger partial charge in [0.2, 0.25) is 0 Å². The van der Waals surface area contributed by atoms with E-state index in [2.05, 4.69) is 50.7 Å². The first-order chi connectivity index (χ1) is 13.5. The first-order valence-electron chi connectivity index (χ1n) is 9.71. The van der Waals surface area contributed by atoms with Gasteiger partial charge < -0.3 is 19.9 Å². The van der Waals surface area contributed by atoms with E-state index in [-0.39, 0.29) is 0 Å². The average Bonchev–Trinajstić information content (AvgIpc) is 3.10. The highest BCUT2D eigenvalue weighted by Crippen LogP contribution is 2.28. The molecular formula is C20H30N4O3S. The molecule has 1 aromatic heterocycles. The second-order valence-electron chi connectivity index (χ2n) is 7.34. The van der Waals surface area contributed by atoms with Crippen molar-refractivity contribution in [2.24, 2.45) is 4.99 Å². The molecule has 1 saturated heterocycles. The summed E-state index contributed by atoms with van der Waals surface area (Å²) in [4.78, 5) is 4.23. The zero-order chi connectivity index (χ0) is 20.0. The minimum Gasteiger partial charge on any atom is -0.381 e. The molecule has 2 heterocycles. The third kappa shape index (κ3) is 4.67. The Hall–Kier alpha value is -2.06. The number of para-hydroxylation sites is 1. The summed E-state index contributed by atoms with van der Waals surface area (Å²) < 4.78 is 31.5. The van der Waals surface area contributed by atoms with Gasteiger partial charge >= 0.3 is 0 Å². The number of fused-ring (bicyclic) bond motifs is 1. The third-order valence-corrected chi connectivity index (χ3v) is 7.67. The molecule has 0 aliphatic carbocycles. The lowest BCUT2D eigenvalue weighted by atomic mass is 9.99. The maximum atomic E-state index is 12.3. The van der Waals surface area contributed by atoms with Crippen LogP contribution in [0.1, 0.15) is 19.3 Å². The van der Waals surface area contributed by atoms with Gasteiger partial charge in [-0.05, 0) is 36.8 Å². The molecular weight excluding hydrogens is 376 g/mol. The van der Waals surface area contributed by atoms with Crippen LogP contribution in [0.5, 0.6) is 0 Å². The summed E-state index contributed by atoms with van der Waals surface area (Å²) in [6, 6.07) is 10.5. The summed E-state index contributed by atoms with van der Waals surface area (Å²) in [7, 11) is -1.50. The van der Waals surface area contributed by atoms with Gasteiger partial charge in [0.15, 0.2) is 15.8 Å². The average molecular weight is 407 g/mol. The Morgan fingerprint density at radius 1 is 1.21 bits per heavy atom. The SMILES string of the molecule is CN=C(NCCCn1ccc2ccccc21)NCC1(S(C)(=O)=O)CCOCC1. The van der Waals surface area contributed by atoms with Gasteiger partial charge in [0.1, 0.15) is 0 Å². The summed E-state index contributed by atoms with van der Waals surface area (Å²) in [5, 5.41) is 7.74. The highest BCUT2D eigenvalue weighted by Gasteiger charge is 2.42. The monoisotopic (exact) mass is 406 g/mol. The topological polar surface area (TPSA) is 84.7 Å². The second-order valence-corrected chi connectivity index (χ2v) is 9.75. The first-order valence-corrected chi connectivity index (χ1v) is 11.6. The zero-order valence-electron chi connectivity index (χ0n) is 16.6. The molecule has 0 saturated carbocycles. The summed E-state index contributed by atoms with van der Waals surface area (Å²) in [5.74, 6) is 0.631. The van der Waals surface area contributed by atoms with Gasteiger partial charge in [0, 0.05) is 57.9 Å². The molecule has 0 atom stereocenters. The van der Waals surface area contributed by atoms with Gasteiger partial charge in [0.05, 0.1) is 4.75 Å². The van der Waals surface area contributed by atoms with E-state index in [4.69, 9.17) is 4.74 Å². The predicted octanol–water partition coefficient (Wildman–Crippen LogP) is 1.79. The number of aliphatic imine (C=N–C) groups is 1. The standard InChI is InChI=1S/C20H30N4O3S/c1-21-19(23-16-20(28(2,25)26)9-14-27-15-10-20)22-11-5-12-24-13-8-17-6-3-4-7-18(17)24/h3-4,6-8,13H,5,9-12,14-16H2,1-2H3,(H2,21,22,23). The molecule has 28 heavy (non-hydrogen) atoms. The fraction of sp³-hybridized carbons (Fsp3) is 0.550. The fourth-order valence-corrected chi connectivity index (χ4v) is 4.92. The fourth-order valence-electron chi connectivity index (χ4n) is 3.68. The molecule has 0 bridgehead atoms. The maximum absolute atomic E-state index is 12.3. The molecule has 2 aromatic rings. The van der Waals surface area contributed by atoms with Crippen molar-refractivity contribution in [3.8, 4) is 0 Å². The summed E-state index contributed by atoms with van der Waals surface area (Å²) >= 11 is 0. The van der Waals surface area contributed by atoms with Crippen LogP contribution in [0.25, 0.3) is 10.9 Å². The number of guanidine groups is 1. The number of rotatable bonds is 7. The molecule has 8 heteroatoms. The molecule has 0 radical (unpaired) electrons. The normalized spacial score (nSPS) is 17.6. The predicted molar refractivity (Wildman–Crippen MR) is 114 cm³/mol. The van der Waals surface area contributed by atoms with Gasteiger partial charge in [-0.3, -0.25) is 4.99 Å². The lowest BCUT2D eigenvalue weighted by molar-refractivity contribution is 0.0756. The Labute approximate surface area is 167 Å². The van der Waals surface area contributed by atoms with E-state index in [0.717, 1.165) is 19.5 Å². The Kier molecular flexibility index (Phi) is 6.61. The molecule has 1 aromatic carbocycles. The minimum atomic E-state index is -3.20. The van der Waals surface area contributed by atoms with E-state index in [1.165, 1.54) is 17.2 Å². The summed E-state index contributed by atoms with van der Waals surface area (Å²) in [5.41, 5.74) is 1.24. The number of sulfone groups is 1. The zero-order valence-corrected chi connectivity index (χ0v) is 17.5. The van der Waals surface area contributed by atoms with E-state index in [1.807, 2.05) is 6.07 Å². The smallest absolute Gasteiger partial charge is 0.191 e. The van der Waals surface area contributed by atoms with E-state index in [1.54, 1.807) is 7.05 Å². The molecule has 1 aliphatic rings. The number of aromatic nitrogens is 1. The van der Waals surface area contributed by atoms with Crippen LogP contribution in [0.15, 0.2) is 41.5 Å². The number of nitrogens with zero attached hydrogens (tertiary/aromatic N) is 2. The number of nitrogens with one attached hydrogen (secondary N) is 2. The van der Waals surface area contributed by atoms with E-state index in [0.29, 0.717) is 38.6 Å². The Morgan fingerprint density at radius 2 is 1.96 bits per heavy atom. The van der Waals surface area contributed by atoms with Crippen molar-refractivity contribution < 1.29 is 13.2 Å². The van der Waals surface area contributed by atoms with E-state index >= 15 is 0 Å². The Bertz CT molecular complexity index is 914. The maximum Gasteiger partial charge on any atom is 0.191 e. The molecule has 1 fully saturated rings. The molecule has 0 spiro atoms. The van der Waals surface area contributed by atoms with Crippen LogP contribution in [0, 0.1) is 0 Å². The molecule has 0 unspecified atom stereocenters. The van der Waals surface area contributed by atoms with Gasteiger partial charge in [-0.15, -0.1) is 0 Å². The van der Waals surface area contributed by atoms with Crippen LogP contribution in [0.2, 0.25) is 0 Å². The lowest BCUT2D eigenvalue weighted by Gasteiger charge is -2.35. The first kappa shape index (κ1) is 20.7. The largest absolute Gasteiger partial charge is 0.381 e. The van der Waals surface area contributed by atoms with Gasteiger partial charge in [-0.1, -0.05) is 18.2 Å². The van der Waals surface area contributed by atoms with E-state index in [9.17, 15) is 8.42 Å². The minimum absolute atomic E-state index is 0.344. The van der Waals surface area contributed by atoms with Crippen molar-refractivity contribution in [3.63, 3.8) is 0 Å². The Morgan fingerprint density at radius 3 is 2.68 bits per heavy atom. The highest BCUT2D eigenvalue weighted by atomic mass is 32.2. The van der Waals surface area contributed by atoms with Crippen molar-refractivity contribution >= 4 is 26.7 Å². The number of hydrogen-bond acceptors (Lipinski definition) is 4. The summed E-state index contributed by atoms with van der Waals surface area (Å²) in [6.45, 7) is 2.96. The number of aryl methyl sites for hydroxylation is 1. The van der Waals surface area contributed by atoms with E-state index < -0.39 is 14.6 Å². The van der Waals surface area contributed by atoms with Crippen molar-refractivity contribution in [1.82, 2.24) is 15.2 Å². The third-order valence-electron chi connectivity index (χ3n) is 5.54. The van der Waals surface area contributed by atoms with Crippen LogP contribution >= 0.6 is 0 Å². The van der Waals surface area contributed by atoms with Gasteiger partial charge in [-0.25, -0.2) is 8.42 Å². The molecule has 7 nitrogen and oxygen atoms in total. The van der Waals surface area contributed by atoms with Crippen molar-refractivity contribution in [2.75, 3.05) is 39.6 Å². The van der Waals surface area contributed by atoms with Crippen molar-refractivity contribution in [2.45, 2.75) is 30.6 Å². The van der Waals surface area contributed by atoms with Crippen molar-refractivity contribution in [1.29, 1.82) is 0 Å². The molecule has 3 rings (SSSR count). The molecule has 2 N–H and O–H groups in total. The van der Waals surface area contributed by atoms with Gasteiger partial charge in [0.25, 0.3) is 0 Å². The second kappa shape index (κ2) is 8.96. The van der Waals surface area contributed by atoms with Gasteiger partial charge in [-0.2, -0.15) is 0 Å². The van der Waals surface area contributed by atoms with Crippen molar-refractivity contribution in [3.05, 3.63) is 36.5 Å². The molecule has 1 aliphatic heterocycles. The van der Waals surface area contributed by atoms with Crippen LogP contribution in [-0.2, 0) is 21.1 Å². The Balaban J connectivity index is 1.49. The summed E-state index contributed by atoms with van der Waals surface area (Å²) in [6.07, 6.45) is 5.38. The number of ether oxygens (including phenoxy) is 1.